The molecule has 0 saturated heterocycles. The molecule has 0 unspecified atom stereocenters. The fourth-order valence-corrected chi connectivity index (χ4v) is 7.35. The minimum atomic E-state index is 0.600. The quantitative estimate of drug-likeness (QED) is 0.181. The van der Waals surface area contributed by atoms with Crippen LogP contribution < -0.4 is 0 Å². The van der Waals surface area contributed by atoms with E-state index in [1.807, 2.05) is 84.9 Å². The van der Waals surface area contributed by atoms with Crippen molar-refractivity contribution in [3.63, 3.8) is 0 Å². The van der Waals surface area contributed by atoms with Crippen molar-refractivity contribution >= 4 is 49.3 Å². The van der Waals surface area contributed by atoms with Crippen LogP contribution in [0.5, 0.6) is 0 Å². The Hall–Kier alpha value is -7.39. The van der Waals surface area contributed by atoms with Crippen LogP contribution in [0.2, 0.25) is 0 Å². The fourth-order valence-electron chi connectivity index (χ4n) is 7.35. The summed E-state index contributed by atoms with van der Waals surface area (Å²) >= 11 is 0. The highest BCUT2D eigenvalue weighted by molar-refractivity contribution is 6.11. The molecule has 0 saturated carbocycles. The summed E-state index contributed by atoms with van der Waals surface area (Å²) in [5.74, 6) is 0. The lowest BCUT2D eigenvalue weighted by Gasteiger charge is -2.16. The Kier molecular flexibility index (Phi) is 6.56. The van der Waals surface area contributed by atoms with Gasteiger partial charge in [0.15, 0.2) is 5.69 Å². The van der Waals surface area contributed by atoms with Gasteiger partial charge in [0, 0.05) is 27.5 Å². The van der Waals surface area contributed by atoms with Gasteiger partial charge in [0.05, 0.1) is 51.9 Å². The van der Waals surface area contributed by atoms with Gasteiger partial charge in [-0.05, 0) is 107 Å². The zero-order valence-electron chi connectivity index (χ0n) is 26.7. The second kappa shape index (κ2) is 11.4. The van der Waals surface area contributed by atoms with Crippen LogP contribution >= 0.6 is 0 Å². The van der Waals surface area contributed by atoms with Gasteiger partial charge in [0.1, 0.15) is 0 Å². The minimum Gasteiger partial charge on any atom is -0.309 e. The van der Waals surface area contributed by atoms with Crippen LogP contribution in [0.25, 0.3) is 82.1 Å². The Balaban J connectivity index is 1.31. The molecule has 9 aromatic rings. The molecule has 0 aliphatic heterocycles. The van der Waals surface area contributed by atoms with E-state index < -0.39 is 0 Å². The summed E-state index contributed by atoms with van der Waals surface area (Å²) in [5.41, 5.74) is 11.8. The summed E-state index contributed by atoms with van der Waals surface area (Å²) in [6.45, 7) is 7.64. The molecule has 5 nitrogen and oxygen atoms in total. The molecule has 0 bridgehead atoms. The van der Waals surface area contributed by atoms with Crippen molar-refractivity contribution in [3.8, 4) is 45.8 Å². The molecule has 2 heterocycles. The molecule has 0 fully saturated rings. The van der Waals surface area contributed by atoms with Gasteiger partial charge in [-0.25, -0.2) is 4.85 Å². The van der Waals surface area contributed by atoms with E-state index in [1.54, 1.807) is 0 Å². The van der Waals surface area contributed by atoms with Crippen molar-refractivity contribution in [2.75, 3.05) is 0 Å². The third-order valence-electron chi connectivity index (χ3n) is 9.56. The van der Waals surface area contributed by atoms with Crippen LogP contribution in [0.15, 0.2) is 152 Å². The Morgan fingerprint density at radius 2 is 1.08 bits per heavy atom. The van der Waals surface area contributed by atoms with Gasteiger partial charge in [0.25, 0.3) is 0 Å². The van der Waals surface area contributed by atoms with Gasteiger partial charge in [-0.3, -0.25) is 0 Å². The predicted octanol–water partition coefficient (Wildman–Crippen LogP) is 11.5. The summed E-state index contributed by atoms with van der Waals surface area (Å²) in [6, 6.07) is 55.8. The highest BCUT2D eigenvalue weighted by Crippen LogP contribution is 2.39. The zero-order valence-corrected chi connectivity index (χ0v) is 26.7. The summed E-state index contributed by atoms with van der Waals surface area (Å²) in [6.07, 6.45) is 0. The molecule has 0 N–H and O–H groups in total. The first kappa shape index (κ1) is 28.8. The number of fused-ring (bicyclic) bond motifs is 6. The van der Waals surface area contributed by atoms with E-state index >= 15 is 0 Å². The van der Waals surface area contributed by atoms with Crippen LogP contribution in [0.4, 0.5) is 5.69 Å². The van der Waals surface area contributed by atoms with Gasteiger partial charge in [0.2, 0.25) is 0 Å². The number of nitriles is 2. The largest absolute Gasteiger partial charge is 0.309 e. The Labute approximate surface area is 288 Å². The minimum absolute atomic E-state index is 0.600. The van der Waals surface area contributed by atoms with Crippen molar-refractivity contribution in [1.82, 2.24) is 9.13 Å². The maximum absolute atomic E-state index is 10.1. The van der Waals surface area contributed by atoms with Crippen molar-refractivity contribution in [2.45, 2.75) is 0 Å². The summed E-state index contributed by atoms with van der Waals surface area (Å²) < 4.78 is 4.51. The monoisotopic (exact) mass is 635 g/mol. The Morgan fingerprint density at radius 3 is 1.82 bits per heavy atom. The maximum Gasteiger partial charge on any atom is 0.188 e. The van der Waals surface area contributed by atoms with Crippen molar-refractivity contribution in [2.24, 2.45) is 0 Å². The van der Waals surface area contributed by atoms with Crippen LogP contribution in [0.3, 0.4) is 0 Å². The number of para-hydroxylation sites is 2. The highest BCUT2D eigenvalue weighted by atomic mass is 15.0. The average Bonchev–Trinajstić information content (AvgIpc) is 3.69. The van der Waals surface area contributed by atoms with Gasteiger partial charge >= 0.3 is 0 Å². The molecule has 0 amide bonds. The molecule has 5 heteroatoms. The summed E-state index contributed by atoms with van der Waals surface area (Å²) in [5, 5.41) is 24.0. The fraction of sp³-hybridized carbons (Fsp3) is 0. The van der Waals surface area contributed by atoms with Gasteiger partial charge in [-0.2, -0.15) is 10.5 Å². The average molecular weight is 636 g/mol. The number of benzene rings is 7. The second-order valence-corrected chi connectivity index (χ2v) is 12.3. The highest BCUT2D eigenvalue weighted by Gasteiger charge is 2.17. The Morgan fingerprint density at radius 1 is 0.460 bits per heavy atom. The lowest BCUT2D eigenvalue weighted by molar-refractivity contribution is 1.17. The number of hydrogen-bond donors (Lipinski definition) is 0. The molecule has 7 aromatic carbocycles. The van der Waals surface area contributed by atoms with Crippen molar-refractivity contribution in [1.29, 1.82) is 10.5 Å². The maximum atomic E-state index is 10.1. The zero-order chi connectivity index (χ0) is 33.8. The Bertz CT molecular complexity index is 2970. The molecule has 0 spiro atoms. The van der Waals surface area contributed by atoms with Crippen LogP contribution in [0, 0.1) is 29.2 Å². The molecule has 230 valence electrons. The SMILES string of the molecule is [C-]#[N+]c1ccc2c(c1)c1ccccc1n2-c1cc(-c2cccc(-n3c4ccccc4c4cc(C#N)ccc43)c2)cc(-c2ccccc2C#N)c1. The lowest BCUT2D eigenvalue weighted by atomic mass is 9.95. The molecule has 0 radical (unpaired) electrons. The van der Waals surface area contributed by atoms with E-state index in [0.717, 1.165) is 77.2 Å². The molecular weight excluding hydrogens is 611 g/mol. The third-order valence-corrected chi connectivity index (χ3v) is 9.56. The van der Waals surface area contributed by atoms with Gasteiger partial charge in [-0.15, -0.1) is 0 Å². The van der Waals surface area contributed by atoms with Crippen molar-refractivity contribution < 1.29 is 0 Å². The summed E-state index contributed by atoms with van der Waals surface area (Å²) in [7, 11) is 0. The first-order chi connectivity index (χ1) is 24.6. The molecule has 0 atom stereocenters. The molecule has 9 rings (SSSR count). The molecule has 0 aliphatic rings. The number of aromatic nitrogens is 2. The molecule has 2 aromatic heterocycles. The van der Waals surface area contributed by atoms with Crippen LogP contribution in [-0.2, 0) is 0 Å². The van der Waals surface area contributed by atoms with Crippen molar-refractivity contribution in [3.05, 3.63) is 174 Å². The molecule has 0 aliphatic carbocycles. The topological polar surface area (TPSA) is 61.8 Å². The number of rotatable bonds is 4. The van der Waals surface area contributed by atoms with Gasteiger partial charge < -0.3 is 9.13 Å². The van der Waals surface area contributed by atoms with E-state index in [0.29, 0.717) is 16.8 Å². The lowest BCUT2D eigenvalue weighted by Crippen LogP contribution is -1.97. The second-order valence-electron chi connectivity index (χ2n) is 12.3. The summed E-state index contributed by atoms with van der Waals surface area (Å²) in [4.78, 5) is 3.71. The van der Waals surface area contributed by atoms with Crippen LogP contribution in [0.1, 0.15) is 11.1 Å². The standard InChI is InChI=1S/C45H25N5/c1-48-34-18-20-45-41(26-34)39-14-5-7-16-43(39)50(45)36-24-32(22-33(25-36)37-12-3-2-9-31(37)28-47)30-10-8-11-35(23-30)49-42-15-6-4-13-38(42)40-21-29(27-46)17-19-44(40)49/h2-26H. The smallest absolute Gasteiger partial charge is 0.188 e. The molecular formula is C45H25N5. The van der Waals surface area contributed by atoms with E-state index in [9.17, 15) is 10.5 Å². The van der Waals surface area contributed by atoms with Crippen LogP contribution in [-0.4, -0.2) is 9.13 Å². The molecule has 50 heavy (non-hydrogen) atoms. The predicted molar refractivity (Wildman–Crippen MR) is 202 cm³/mol. The third kappa shape index (κ3) is 4.45. The van der Waals surface area contributed by atoms with Gasteiger partial charge in [-0.1, -0.05) is 72.8 Å². The normalized spacial score (nSPS) is 11.1. The van der Waals surface area contributed by atoms with E-state index in [2.05, 4.69) is 92.8 Å². The number of hydrogen-bond acceptors (Lipinski definition) is 2. The van der Waals surface area contributed by atoms with E-state index in [1.165, 1.54) is 0 Å². The first-order valence-electron chi connectivity index (χ1n) is 16.2. The first-order valence-corrected chi connectivity index (χ1v) is 16.2. The number of nitrogens with zero attached hydrogens (tertiary/aromatic N) is 5. The van der Waals surface area contributed by atoms with E-state index in [-0.39, 0.29) is 0 Å². The van der Waals surface area contributed by atoms with E-state index in [4.69, 9.17) is 6.57 Å².